The molecular weight excluding hydrogens is 440 g/mol. The third-order valence-electron chi connectivity index (χ3n) is 5.43. The molecule has 2 aliphatic heterocycles. The molecule has 10 nitrogen and oxygen atoms in total. The zero-order chi connectivity index (χ0) is 23.5. The average molecular weight is 462 g/mol. The summed E-state index contributed by atoms with van der Waals surface area (Å²) in [7, 11) is 1.54. The van der Waals surface area contributed by atoms with Gasteiger partial charge in [0.05, 0.1) is 36.9 Å². The third-order valence-corrected chi connectivity index (χ3v) is 5.43. The molecule has 0 spiro atoms. The van der Waals surface area contributed by atoms with Crippen molar-refractivity contribution in [3.05, 3.63) is 54.2 Å². The molecule has 5 rings (SSSR count). The van der Waals surface area contributed by atoms with Gasteiger partial charge in [-0.2, -0.15) is 0 Å². The fraction of sp³-hybridized carbons (Fsp3) is 0.250. The fourth-order valence-electron chi connectivity index (χ4n) is 3.75. The summed E-state index contributed by atoms with van der Waals surface area (Å²) in [5.74, 6) is 1.38. The maximum absolute atomic E-state index is 12.4. The lowest BCUT2D eigenvalue weighted by molar-refractivity contribution is -0.116. The monoisotopic (exact) mass is 462 g/mol. The quantitative estimate of drug-likeness (QED) is 0.557. The number of methoxy groups -OCH3 is 1. The summed E-state index contributed by atoms with van der Waals surface area (Å²) in [6.07, 6.45) is 3.76. The molecule has 0 bridgehead atoms. The van der Waals surface area contributed by atoms with Gasteiger partial charge in [-0.1, -0.05) is 0 Å². The largest absolute Gasteiger partial charge is 0.486 e. The van der Waals surface area contributed by atoms with E-state index in [1.165, 1.54) is 18.1 Å². The molecule has 2 amide bonds. The highest BCUT2D eigenvalue weighted by Gasteiger charge is 2.33. The van der Waals surface area contributed by atoms with E-state index in [4.69, 9.17) is 18.9 Å². The van der Waals surface area contributed by atoms with Gasteiger partial charge in [0.15, 0.2) is 11.5 Å². The minimum atomic E-state index is -0.481. The van der Waals surface area contributed by atoms with Crippen LogP contribution in [0.4, 0.5) is 10.5 Å². The van der Waals surface area contributed by atoms with Gasteiger partial charge in [0.1, 0.15) is 19.3 Å². The Hall–Kier alpha value is -4.34. The van der Waals surface area contributed by atoms with Crippen molar-refractivity contribution in [1.82, 2.24) is 15.3 Å². The number of rotatable bonds is 6. The summed E-state index contributed by atoms with van der Waals surface area (Å²) in [4.78, 5) is 34.9. The van der Waals surface area contributed by atoms with Crippen molar-refractivity contribution in [2.24, 2.45) is 0 Å². The van der Waals surface area contributed by atoms with Gasteiger partial charge in [-0.05, 0) is 30.3 Å². The molecule has 2 aromatic heterocycles. The Morgan fingerprint density at radius 2 is 2.06 bits per heavy atom. The molecule has 1 fully saturated rings. The molecule has 0 unspecified atom stereocenters. The highest BCUT2D eigenvalue weighted by molar-refractivity contribution is 5.95. The normalized spacial score (nSPS) is 17.1. The number of anilines is 1. The van der Waals surface area contributed by atoms with E-state index in [1.54, 1.807) is 48.7 Å². The van der Waals surface area contributed by atoms with Gasteiger partial charge >= 0.3 is 6.09 Å². The summed E-state index contributed by atoms with van der Waals surface area (Å²) >= 11 is 0. The highest BCUT2D eigenvalue weighted by atomic mass is 16.6. The zero-order valence-corrected chi connectivity index (χ0v) is 18.4. The molecule has 10 heteroatoms. The Labute approximate surface area is 195 Å². The Kier molecular flexibility index (Phi) is 5.86. The third kappa shape index (κ3) is 4.42. The van der Waals surface area contributed by atoms with E-state index >= 15 is 0 Å². The minimum absolute atomic E-state index is 0.180. The van der Waals surface area contributed by atoms with Crippen molar-refractivity contribution in [3.8, 4) is 17.4 Å². The van der Waals surface area contributed by atoms with Crippen LogP contribution in [0.3, 0.4) is 0 Å². The van der Waals surface area contributed by atoms with Gasteiger partial charge in [-0.3, -0.25) is 14.7 Å². The van der Waals surface area contributed by atoms with Crippen LogP contribution in [0.25, 0.3) is 17.1 Å². The molecule has 4 heterocycles. The molecular formula is C24H22N4O6. The molecule has 1 atom stereocenters. The van der Waals surface area contributed by atoms with Gasteiger partial charge in [0.2, 0.25) is 11.8 Å². The van der Waals surface area contributed by atoms with Gasteiger partial charge in [0.25, 0.3) is 0 Å². The summed E-state index contributed by atoms with van der Waals surface area (Å²) < 4.78 is 21.7. The van der Waals surface area contributed by atoms with E-state index < -0.39 is 12.2 Å². The molecule has 34 heavy (non-hydrogen) atoms. The first kappa shape index (κ1) is 21.5. The number of aromatic nitrogens is 2. The second-order valence-electron chi connectivity index (χ2n) is 7.64. The molecule has 1 N–H and O–H groups in total. The van der Waals surface area contributed by atoms with E-state index in [1.807, 2.05) is 0 Å². The van der Waals surface area contributed by atoms with Gasteiger partial charge in [-0.15, -0.1) is 0 Å². The van der Waals surface area contributed by atoms with Crippen LogP contribution in [0.15, 0.2) is 48.7 Å². The Morgan fingerprint density at radius 1 is 1.21 bits per heavy atom. The van der Waals surface area contributed by atoms with Crippen LogP contribution in [0.5, 0.6) is 17.4 Å². The van der Waals surface area contributed by atoms with E-state index in [-0.39, 0.29) is 12.5 Å². The van der Waals surface area contributed by atoms with Crippen molar-refractivity contribution < 1.29 is 28.5 Å². The first-order chi connectivity index (χ1) is 16.6. The van der Waals surface area contributed by atoms with Crippen molar-refractivity contribution in [1.29, 1.82) is 0 Å². The highest BCUT2D eigenvalue weighted by Crippen LogP contribution is 2.35. The maximum Gasteiger partial charge on any atom is 0.414 e. The van der Waals surface area contributed by atoms with Crippen molar-refractivity contribution in [2.75, 3.05) is 38.3 Å². The van der Waals surface area contributed by atoms with Gasteiger partial charge in [0, 0.05) is 30.0 Å². The number of hydrogen-bond donors (Lipinski definition) is 1. The van der Waals surface area contributed by atoms with Gasteiger partial charge < -0.3 is 24.3 Å². The van der Waals surface area contributed by atoms with E-state index in [9.17, 15) is 9.59 Å². The second-order valence-corrected chi connectivity index (χ2v) is 7.64. The molecule has 0 aliphatic carbocycles. The number of nitrogens with one attached hydrogen (secondary N) is 1. The summed E-state index contributed by atoms with van der Waals surface area (Å²) in [6.45, 7) is 1.44. The minimum Gasteiger partial charge on any atom is -0.486 e. The first-order valence-electron chi connectivity index (χ1n) is 10.7. The molecule has 2 aliphatic rings. The number of nitrogens with zero attached hydrogens (tertiary/aromatic N) is 3. The number of ether oxygens (including phenoxy) is 4. The van der Waals surface area contributed by atoms with Crippen LogP contribution in [0.2, 0.25) is 0 Å². The van der Waals surface area contributed by atoms with Crippen LogP contribution in [-0.2, 0) is 9.53 Å². The number of fused-ring (bicyclic) bond motifs is 2. The lowest BCUT2D eigenvalue weighted by Crippen LogP contribution is -2.33. The van der Waals surface area contributed by atoms with Crippen LogP contribution >= 0.6 is 0 Å². The van der Waals surface area contributed by atoms with Crippen LogP contribution in [0, 0.1) is 0 Å². The number of carbonyl (C=O) groups excluding carboxylic acids is 2. The lowest BCUT2D eigenvalue weighted by Gasteiger charge is -2.21. The SMILES string of the molecule is COc1ccc2nccc(C=CC(=O)NC[C@@H]3CN(c4ccc5c(c4)OCCO5)C(=O)O3)c2n1. The van der Waals surface area contributed by atoms with Crippen molar-refractivity contribution >= 4 is 34.8 Å². The van der Waals surface area contributed by atoms with Gasteiger partial charge in [-0.25, -0.2) is 9.78 Å². The number of cyclic esters (lactones) is 1. The summed E-state index contributed by atoms with van der Waals surface area (Å²) in [5.41, 5.74) is 2.71. The van der Waals surface area contributed by atoms with Crippen molar-refractivity contribution in [2.45, 2.75) is 6.10 Å². The number of amides is 2. The summed E-state index contributed by atoms with van der Waals surface area (Å²) in [6, 6.07) is 10.6. The first-order valence-corrected chi connectivity index (χ1v) is 10.7. The van der Waals surface area contributed by atoms with Crippen LogP contribution in [0.1, 0.15) is 5.56 Å². The fourth-order valence-corrected chi connectivity index (χ4v) is 3.75. The van der Waals surface area contributed by atoms with E-state index in [0.717, 1.165) is 5.56 Å². The molecule has 3 aromatic rings. The lowest BCUT2D eigenvalue weighted by atomic mass is 10.2. The average Bonchev–Trinajstić information content (AvgIpc) is 3.25. The second kappa shape index (κ2) is 9.26. The van der Waals surface area contributed by atoms with E-state index in [2.05, 4.69) is 15.3 Å². The zero-order valence-electron chi connectivity index (χ0n) is 18.4. The smallest absolute Gasteiger partial charge is 0.414 e. The molecule has 1 aromatic carbocycles. The number of hydrogen-bond acceptors (Lipinski definition) is 8. The Bertz CT molecular complexity index is 1280. The van der Waals surface area contributed by atoms with Crippen molar-refractivity contribution in [3.63, 3.8) is 0 Å². The van der Waals surface area contributed by atoms with Crippen LogP contribution < -0.4 is 24.4 Å². The molecule has 1 saturated heterocycles. The number of pyridine rings is 2. The van der Waals surface area contributed by atoms with Crippen LogP contribution in [-0.4, -0.2) is 61.5 Å². The maximum atomic E-state index is 12.4. The number of carbonyl (C=O) groups is 2. The topological polar surface area (TPSA) is 112 Å². The molecule has 174 valence electrons. The van der Waals surface area contributed by atoms with E-state index in [0.29, 0.717) is 53.9 Å². The predicted octanol–water partition coefficient (Wildman–Crippen LogP) is 2.56. The predicted molar refractivity (Wildman–Crippen MR) is 123 cm³/mol. The summed E-state index contributed by atoms with van der Waals surface area (Å²) in [5, 5.41) is 2.77. The molecule has 0 saturated carbocycles. The molecule has 0 radical (unpaired) electrons. The number of benzene rings is 1. The standard InChI is InChI=1S/C24H22N4O6/c1-31-22-7-4-18-23(27-22)15(8-9-25-18)2-6-21(29)26-13-17-14-28(24(30)34-17)16-3-5-19-20(12-16)33-11-10-32-19/h2-9,12,17H,10-11,13-14H2,1H3,(H,26,29)/t17-/m1/s1. The Morgan fingerprint density at radius 3 is 2.91 bits per heavy atom. The Balaban J connectivity index is 1.20.